The number of aromatic nitrogens is 2. The zero-order valence-electron chi connectivity index (χ0n) is 14.6. The van der Waals surface area contributed by atoms with E-state index in [0.717, 1.165) is 17.7 Å². The highest BCUT2D eigenvalue weighted by atomic mass is 16.5. The molecule has 1 heterocycles. The van der Waals surface area contributed by atoms with E-state index in [0.29, 0.717) is 11.7 Å². The summed E-state index contributed by atoms with van der Waals surface area (Å²) in [6, 6.07) is 19.1. The zero-order chi connectivity index (χ0) is 18.2. The fraction of sp³-hybridized carbons (Fsp3) is 0.250. The summed E-state index contributed by atoms with van der Waals surface area (Å²) in [6.07, 6.45) is 0.720. The average Bonchev–Trinajstić information content (AvgIpc) is 3.15. The molecule has 0 bridgehead atoms. The Morgan fingerprint density at radius 2 is 1.81 bits per heavy atom. The summed E-state index contributed by atoms with van der Waals surface area (Å²) >= 11 is 0. The van der Waals surface area contributed by atoms with Gasteiger partial charge < -0.3 is 14.6 Å². The predicted molar refractivity (Wildman–Crippen MR) is 96.4 cm³/mol. The molecule has 26 heavy (non-hydrogen) atoms. The van der Waals surface area contributed by atoms with E-state index in [2.05, 4.69) is 15.5 Å². The molecule has 1 amide bonds. The Labute approximate surface area is 152 Å². The highest BCUT2D eigenvalue weighted by Crippen LogP contribution is 2.19. The van der Waals surface area contributed by atoms with E-state index in [9.17, 15) is 4.79 Å². The summed E-state index contributed by atoms with van der Waals surface area (Å²) in [5, 5.41) is 6.75. The van der Waals surface area contributed by atoms with Gasteiger partial charge in [0.25, 0.3) is 5.89 Å². The number of ether oxygens (including phenoxy) is 1. The van der Waals surface area contributed by atoms with Gasteiger partial charge in [0.1, 0.15) is 5.75 Å². The molecule has 6 heteroatoms. The van der Waals surface area contributed by atoms with Crippen LogP contribution in [-0.4, -0.2) is 16.0 Å². The minimum absolute atomic E-state index is 0.0504. The van der Waals surface area contributed by atoms with Crippen LogP contribution in [0.2, 0.25) is 0 Å². The maximum atomic E-state index is 12.4. The van der Waals surface area contributed by atoms with Crippen molar-refractivity contribution >= 4 is 5.91 Å². The summed E-state index contributed by atoms with van der Waals surface area (Å²) < 4.78 is 10.7. The van der Waals surface area contributed by atoms with Gasteiger partial charge >= 0.3 is 0 Å². The first-order valence-electron chi connectivity index (χ1n) is 8.58. The van der Waals surface area contributed by atoms with Crippen LogP contribution < -0.4 is 10.1 Å². The molecule has 1 atom stereocenters. The lowest BCUT2D eigenvalue weighted by molar-refractivity contribution is -0.122. The van der Waals surface area contributed by atoms with E-state index < -0.39 is 0 Å². The Hall–Kier alpha value is -3.15. The number of carbonyl (C=O) groups excluding carboxylic acids is 1. The van der Waals surface area contributed by atoms with Crippen LogP contribution in [0.15, 0.2) is 65.2 Å². The minimum atomic E-state index is -0.191. The van der Waals surface area contributed by atoms with Gasteiger partial charge in [-0.3, -0.25) is 4.79 Å². The van der Waals surface area contributed by atoms with Crippen LogP contribution in [0, 0.1) is 0 Å². The number of benzene rings is 2. The number of nitrogens with zero attached hydrogens (tertiary/aromatic N) is 2. The highest BCUT2D eigenvalue weighted by molar-refractivity contribution is 5.83. The molecule has 0 spiro atoms. The van der Waals surface area contributed by atoms with Gasteiger partial charge in [-0.25, -0.2) is 0 Å². The van der Waals surface area contributed by atoms with Crippen molar-refractivity contribution in [3.05, 3.63) is 77.9 Å². The second-order valence-corrected chi connectivity index (χ2v) is 5.80. The number of para-hydroxylation sites is 1. The third-order valence-corrected chi connectivity index (χ3v) is 3.96. The SMILES string of the molecule is CCC(C(=O)NCc1noc(COc2ccccc2)n1)c1ccccc1. The molecule has 0 fully saturated rings. The van der Waals surface area contributed by atoms with Crippen LogP contribution in [0.3, 0.4) is 0 Å². The summed E-state index contributed by atoms with van der Waals surface area (Å²) in [6.45, 7) is 2.40. The standard InChI is InChI=1S/C20H21N3O3/c1-2-17(15-9-5-3-6-10-15)20(24)21-13-18-22-19(26-23-18)14-25-16-11-7-4-8-12-16/h3-12,17H,2,13-14H2,1H3,(H,21,24). The monoisotopic (exact) mass is 351 g/mol. The van der Waals surface area contributed by atoms with E-state index in [4.69, 9.17) is 9.26 Å². The number of rotatable bonds is 8. The van der Waals surface area contributed by atoms with Crippen molar-refractivity contribution in [2.24, 2.45) is 0 Å². The third-order valence-electron chi connectivity index (χ3n) is 3.96. The van der Waals surface area contributed by atoms with Crippen LogP contribution in [0.5, 0.6) is 5.75 Å². The van der Waals surface area contributed by atoms with Crippen molar-refractivity contribution in [3.8, 4) is 5.75 Å². The number of hydrogen-bond donors (Lipinski definition) is 1. The van der Waals surface area contributed by atoms with Crippen LogP contribution in [0.25, 0.3) is 0 Å². The predicted octanol–water partition coefficient (Wildman–Crippen LogP) is 3.46. The van der Waals surface area contributed by atoms with Crippen molar-refractivity contribution in [3.63, 3.8) is 0 Å². The molecule has 134 valence electrons. The van der Waals surface area contributed by atoms with E-state index in [-0.39, 0.29) is 25.0 Å². The second-order valence-electron chi connectivity index (χ2n) is 5.80. The molecule has 6 nitrogen and oxygen atoms in total. The Morgan fingerprint density at radius 1 is 1.12 bits per heavy atom. The van der Waals surface area contributed by atoms with E-state index in [1.54, 1.807) is 0 Å². The third kappa shape index (κ3) is 4.69. The Morgan fingerprint density at radius 3 is 2.50 bits per heavy atom. The molecule has 1 unspecified atom stereocenters. The molecule has 0 aliphatic carbocycles. The van der Waals surface area contributed by atoms with E-state index >= 15 is 0 Å². The zero-order valence-corrected chi connectivity index (χ0v) is 14.6. The molecule has 1 aromatic heterocycles. The van der Waals surface area contributed by atoms with Crippen LogP contribution >= 0.6 is 0 Å². The van der Waals surface area contributed by atoms with Gasteiger partial charge in [0.2, 0.25) is 5.91 Å². The van der Waals surface area contributed by atoms with Gasteiger partial charge in [0, 0.05) is 0 Å². The lowest BCUT2D eigenvalue weighted by Crippen LogP contribution is -2.29. The molecule has 0 saturated carbocycles. The molecular weight excluding hydrogens is 330 g/mol. The van der Waals surface area contributed by atoms with Crippen molar-refractivity contribution in [1.29, 1.82) is 0 Å². The number of amides is 1. The second kappa shape index (κ2) is 8.80. The van der Waals surface area contributed by atoms with Crippen molar-refractivity contribution in [1.82, 2.24) is 15.5 Å². The Bertz CT molecular complexity index is 819. The van der Waals surface area contributed by atoms with Crippen LogP contribution in [0.4, 0.5) is 0 Å². The van der Waals surface area contributed by atoms with Crippen molar-refractivity contribution < 1.29 is 14.1 Å². The van der Waals surface area contributed by atoms with Crippen LogP contribution in [0.1, 0.15) is 36.5 Å². The van der Waals surface area contributed by atoms with Gasteiger partial charge in [0.05, 0.1) is 12.5 Å². The van der Waals surface area contributed by atoms with Crippen LogP contribution in [-0.2, 0) is 17.9 Å². The fourth-order valence-electron chi connectivity index (χ4n) is 2.63. The smallest absolute Gasteiger partial charge is 0.264 e. The van der Waals surface area contributed by atoms with Gasteiger partial charge in [-0.2, -0.15) is 4.98 Å². The average molecular weight is 351 g/mol. The molecule has 0 aliphatic heterocycles. The molecular formula is C20H21N3O3. The Balaban J connectivity index is 1.51. The molecule has 0 radical (unpaired) electrons. The molecule has 0 aliphatic rings. The summed E-state index contributed by atoms with van der Waals surface area (Å²) in [7, 11) is 0. The van der Waals surface area contributed by atoms with Crippen molar-refractivity contribution in [2.45, 2.75) is 32.4 Å². The lowest BCUT2D eigenvalue weighted by atomic mass is 9.96. The maximum absolute atomic E-state index is 12.4. The molecule has 3 rings (SSSR count). The van der Waals surface area contributed by atoms with E-state index in [1.165, 1.54) is 0 Å². The quantitative estimate of drug-likeness (QED) is 0.672. The Kier molecular flexibility index (Phi) is 5.98. The first-order chi connectivity index (χ1) is 12.8. The highest BCUT2D eigenvalue weighted by Gasteiger charge is 2.18. The lowest BCUT2D eigenvalue weighted by Gasteiger charge is -2.14. The van der Waals surface area contributed by atoms with Gasteiger partial charge in [0.15, 0.2) is 12.4 Å². The maximum Gasteiger partial charge on any atom is 0.264 e. The normalized spacial score (nSPS) is 11.7. The topological polar surface area (TPSA) is 77.2 Å². The minimum Gasteiger partial charge on any atom is -0.484 e. The van der Waals surface area contributed by atoms with Crippen molar-refractivity contribution in [2.75, 3.05) is 0 Å². The molecule has 3 aromatic rings. The number of carbonyl (C=O) groups is 1. The first kappa shape index (κ1) is 17.7. The fourth-order valence-corrected chi connectivity index (χ4v) is 2.63. The summed E-state index contributed by atoms with van der Waals surface area (Å²) in [4.78, 5) is 16.7. The van der Waals surface area contributed by atoms with Gasteiger partial charge in [-0.15, -0.1) is 0 Å². The summed E-state index contributed by atoms with van der Waals surface area (Å²) in [5.74, 6) is 1.28. The van der Waals surface area contributed by atoms with Gasteiger partial charge in [-0.05, 0) is 24.1 Å². The first-order valence-corrected chi connectivity index (χ1v) is 8.58. The number of hydrogen-bond acceptors (Lipinski definition) is 5. The van der Waals surface area contributed by atoms with E-state index in [1.807, 2.05) is 67.6 Å². The number of nitrogens with one attached hydrogen (secondary N) is 1. The molecule has 2 aromatic carbocycles. The van der Waals surface area contributed by atoms with Gasteiger partial charge in [-0.1, -0.05) is 60.6 Å². The molecule has 0 saturated heterocycles. The largest absolute Gasteiger partial charge is 0.484 e. The molecule has 1 N–H and O–H groups in total. The summed E-state index contributed by atoms with van der Waals surface area (Å²) in [5.41, 5.74) is 0.998.